The van der Waals surface area contributed by atoms with Crippen LogP contribution in [0.15, 0.2) is 60.8 Å². The molecule has 0 saturated heterocycles. The van der Waals surface area contributed by atoms with Crippen LogP contribution < -0.4 is 15.4 Å². The molecule has 0 saturated carbocycles. The van der Waals surface area contributed by atoms with Gasteiger partial charge in [0.15, 0.2) is 0 Å². The van der Waals surface area contributed by atoms with E-state index in [0.717, 1.165) is 11.4 Å². The summed E-state index contributed by atoms with van der Waals surface area (Å²) in [5.41, 5.74) is 4.61. The van der Waals surface area contributed by atoms with E-state index in [1.165, 1.54) is 11.1 Å². The van der Waals surface area contributed by atoms with E-state index in [2.05, 4.69) is 35.5 Å². The van der Waals surface area contributed by atoms with Gasteiger partial charge >= 0.3 is 0 Å². The zero-order valence-electron chi connectivity index (χ0n) is 15.7. The number of amides is 1. The topological polar surface area (TPSA) is 63.2 Å². The third-order valence-electron chi connectivity index (χ3n) is 4.32. The van der Waals surface area contributed by atoms with Crippen molar-refractivity contribution in [3.63, 3.8) is 0 Å². The number of ether oxygens (including phenoxy) is 1. The number of aryl methyl sites for hydroxylation is 1. The zero-order chi connectivity index (χ0) is 19.2. The molecule has 1 aromatic heterocycles. The maximum absolute atomic E-state index is 12.4. The Morgan fingerprint density at radius 2 is 1.81 bits per heavy atom. The largest absolute Gasteiger partial charge is 0.494 e. The first-order valence-electron chi connectivity index (χ1n) is 8.90. The Kier molecular flexibility index (Phi) is 5.71. The van der Waals surface area contributed by atoms with Gasteiger partial charge in [-0.1, -0.05) is 12.1 Å². The highest BCUT2D eigenvalue weighted by Gasteiger charge is 2.08. The number of pyridine rings is 1. The van der Waals surface area contributed by atoms with Gasteiger partial charge in [-0.3, -0.25) is 4.79 Å². The number of hydrogen-bond acceptors (Lipinski definition) is 4. The lowest BCUT2D eigenvalue weighted by atomic mass is 10.1. The van der Waals surface area contributed by atoms with Gasteiger partial charge in [-0.05, 0) is 74.4 Å². The molecular weight excluding hydrogens is 338 g/mol. The predicted molar refractivity (Wildman–Crippen MR) is 109 cm³/mol. The van der Waals surface area contributed by atoms with Gasteiger partial charge in [0.05, 0.1) is 12.2 Å². The fourth-order valence-corrected chi connectivity index (χ4v) is 2.63. The molecule has 0 unspecified atom stereocenters. The standard InChI is InChI=1S/C22H23N3O2/c1-4-27-19-11-9-18(10-12-19)24-22(26)17-8-13-21(23-14-17)25-20-7-5-6-15(2)16(20)3/h5-14H,4H2,1-3H3,(H,23,25)(H,24,26). The van der Waals surface area contributed by atoms with E-state index in [-0.39, 0.29) is 5.91 Å². The molecule has 138 valence electrons. The Balaban J connectivity index is 1.65. The third-order valence-corrected chi connectivity index (χ3v) is 4.32. The molecule has 1 amide bonds. The summed E-state index contributed by atoms with van der Waals surface area (Å²) in [7, 11) is 0. The van der Waals surface area contributed by atoms with Crippen LogP contribution in [0.25, 0.3) is 0 Å². The van der Waals surface area contributed by atoms with Gasteiger partial charge < -0.3 is 15.4 Å². The zero-order valence-corrected chi connectivity index (χ0v) is 15.7. The van der Waals surface area contributed by atoms with Crippen LogP contribution >= 0.6 is 0 Å². The number of aromatic nitrogens is 1. The summed E-state index contributed by atoms with van der Waals surface area (Å²) in [6.45, 7) is 6.68. The van der Waals surface area contributed by atoms with Crippen LogP contribution in [-0.2, 0) is 0 Å². The summed E-state index contributed by atoms with van der Waals surface area (Å²) >= 11 is 0. The lowest BCUT2D eigenvalue weighted by molar-refractivity contribution is 0.102. The van der Waals surface area contributed by atoms with Crippen molar-refractivity contribution >= 4 is 23.1 Å². The molecule has 3 aromatic rings. The molecule has 0 bridgehead atoms. The smallest absolute Gasteiger partial charge is 0.257 e. The quantitative estimate of drug-likeness (QED) is 0.642. The number of nitrogens with one attached hydrogen (secondary N) is 2. The molecule has 2 N–H and O–H groups in total. The van der Waals surface area contributed by atoms with Gasteiger partial charge in [-0.2, -0.15) is 0 Å². The molecule has 3 rings (SSSR count). The fourth-order valence-electron chi connectivity index (χ4n) is 2.63. The fraction of sp³-hybridized carbons (Fsp3) is 0.182. The van der Waals surface area contributed by atoms with Gasteiger partial charge in [0.1, 0.15) is 11.6 Å². The maximum atomic E-state index is 12.4. The lowest BCUT2D eigenvalue weighted by Crippen LogP contribution is -2.12. The monoisotopic (exact) mass is 361 g/mol. The van der Waals surface area contributed by atoms with E-state index in [0.29, 0.717) is 23.7 Å². The van der Waals surface area contributed by atoms with Gasteiger partial charge in [-0.15, -0.1) is 0 Å². The van der Waals surface area contributed by atoms with Gasteiger partial charge in [-0.25, -0.2) is 4.98 Å². The second kappa shape index (κ2) is 8.36. The number of hydrogen-bond donors (Lipinski definition) is 2. The third kappa shape index (κ3) is 4.64. The van der Waals surface area contributed by atoms with Crippen molar-refractivity contribution < 1.29 is 9.53 Å². The number of rotatable bonds is 6. The van der Waals surface area contributed by atoms with Crippen molar-refractivity contribution in [2.75, 3.05) is 17.2 Å². The number of carbonyl (C=O) groups excluding carboxylic acids is 1. The Morgan fingerprint density at radius 3 is 2.48 bits per heavy atom. The summed E-state index contributed by atoms with van der Waals surface area (Å²) in [6, 6.07) is 16.9. The first-order valence-corrected chi connectivity index (χ1v) is 8.90. The van der Waals surface area contributed by atoms with Crippen molar-refractivity contribution in [2.24, 2.45) is 0 Å². The Morgan fingerprint density at radius 1 is 1.04 bits per heavy atom. The molecule has 0 fully saturated rings. The van der Waals surface area contributed by atoms with Crippen LogP contribution in [-0.4, -0.2) is 17.5 Å². The van der Waals surface area contributed by atoms with E-state index in [9.17, 15) is 4.79 Å². The molecule has 5 heteroatoms. The summed E-state index contributed by atoms with van der Waals surface area (Å²) in [6.07, 6.45) is 1.57. The Hall–Kier alpha value is -3.34. The Bertz CT molecular complexity index is 919. The van der Waals surface area contributed by atoms with Crippen molar-refractivity contribution in [3.05, 3.63) is 77.5 Å². The molecule has 0 aliphatic carbocycles. The molecule has 27 heavy (non-hydrogen) atoms. The van der Waals surface area contributed by atoms with Crippen molar-refractivity contribution in [3.8, 4) is 5.75 Å². The van der Waals surface area contributed by atoms with Crippen LogP contribution in [0, 0.1) is 13.8 Å². The average molecular weight is 361 g/mol. The molecular formula is C22H23N3O2. The van der Waals surface area contributed by atoms with Gasteiger partial charge in [0.25, 0.3) is 5.91 Å². The van der Waals surface area contributed by atoms with Crippen LogP contribution in [0.3, 0.4) is 0 Å². The Labute approximate surface area is 159 Å². The highest BCUT2D eigenvalue weighted by molar-refractivity contribution is 6.04. The first kappa shape index (κ1) is 18.5. The molecule has 2 aromatic carbocycles. The lowest BCUT2D eigenvalue weighted by Gasteiger charge is -2.11. The summed E-state index contributed by atoms with van der Waals surface area (Å²) in [4.78, 5) is 16.7. The number of carbonyl (C=O) groups is 1. The highest BCUT2D eigenvalue weighted by Crippen LogP contribution is 2.22. The molecule has 0 spiro atoms. The normalized spacial score (nSPS) is 10.3. The minimum Gasteiger partial charge on any atom is -0.494 e. The second-order valence-electron chi connectivity index (χ2n) is 6.22. The van der Waals surface area contributed by atoms with E-state index < -0.39 is 0 Å². The van der Waals surface area contributed by atoms with E-state index >= 15 is 0 Å². The minimum atomic E-state index is -0.204. The van der Waals surface area contributed by atoms with Crippen molar-refractivity contribution in [1.82, 2.24) is 4.98 Å². The van der Waals surface area contributed by atoms with Crippen LogP contribution in [0.5, 0.6) is 5.75 Å². The maximum Gasteiger partial charge on any atom is 0.257 e. The molecule has 0 atom stereocenters. The molecule has 0 radical (unpaired) electrons. The van der Waals surface area contributed by atoms with Crippen LogP contribution in [0.4, 0.5) is 17.2 Å². The highest BCUT2D eigenvalue weighted by atomic mass is 16.5. The SMILES string of the molecule is CCOc1ccc(NC(=O)c2ccc(Nc3cccc(C)c3C)nc2)cc1. The van der Waals surface area contributed by atoms with Crippen molar-refractivity contribution in [2.45, 2.75) is 20.8 Å². The summed E-state index contributed by atoms with van der Waals surface area (Å²) in [5.74, 6) is 1.27. The predicted octanol–water partition coefficient (Wildman–Crippen LogP) is 5.09. The number of benzene rings is 2. The van der Waals surface area contributed by atoms with Crippen LogP contribution in [0.1, 0.15) is 28.4 Å². The molecule has 5 nitrogen and oxygen atoms in total. The second-order valence-corrected chi connectivity index (χ2v) is 6.22. The average Bonchev–Trinajstić information content (AvgIpc) is 2.68. The minimum absolute atomic E-state index is 0.204. The van der Waals surface area contributed by atoms with E-state index in [1.54, 1.807) is 18.3 Å². The first-order chi connectivity index (χ1) is 13.1. The van der Waals surface area contributed by atoms with Gasteiger partial charge in [0, 0.05) is 17.6 Å². The summed E-state index contributed by atoms with van der Waals surface area (Å²) in [5, 5.41) is 6.15. The molecule has 0 aliphatic heterocycles. The van der Waals surface area contributed by atoms with E-state index in [1.807, 2.05) is 43.3 Å². The number of nitrogens with zero attached hydrogens (tertiary/aromatic N) is 1. The number of anilines is 3. The van der Waals surface area contributed by atoms with Crippen molar-refractivity contribution in [1.29, 1.82) is 0 Å². The summed E-state index contributed by atoms with van der Waals surface area (Å²) < 4.78 is 5.40. The van der Waals surface area contributed by atoms with Crippen LogP contribution in [0.2, 0.25) is 0 Å². The molecule has 0 aliphatic rings. The molecule has 1 heterocycles. The van der Waals surface area contributed by atoms with E-state index in [4.69, 9.17) is 4.74 Å². The van der Waals surface area contributed by atoms with Gasteiger partial charge in [0.2, 0.25) is 0 Å².